The Labute approximate surface area is 56.7 Å². The van der Waals surface area contributed by atoms with Crippen LogP contribution in [0, 0.1) is 0 Å². The summed E-state index contributed by atoms with van der Waals surface area (Å²) in [6.45, 7) is 8.71. The predicted molar refractivity (Wildman–Crippen MR) is 42.4 cm³/mol. The topological polar surface area (TPSA) is 24.7 Å². The summed E-state index contributed by atoms with van der Waals surface area (Å²) >= 11 is 0. The SMILES string of the molecule is CC.CC1=NC(C)=NC1. The fourth-order valence-corrected chi connectivity index (χ4v) is 0.576. The third-order valence-electron chi connectivity index (χ3n) is 0.889. The molecule has 52 valence electrons. The van der Waals surface area contributed by atoms with Crippen LogP contribution in [0.4, 0.5) is 0 Å². The first-order chi connectivity index (χ1) is 4.29. The van der Waals surface area contributed by atoms with Gasteiger partial charge in [-0.25, -0.2) is 4.99 Å². The van der Waals surface area contributed by atoms with Gasteiger partial charge in [-0.3, -0.25) is 4.99 Å². The van der Waals surface area contributed by atoms with E-state index in [2.05, 4.69) is 9.98 Å². The van der Waals surface area contributed by atoms with E-state index in [4.69, 9.17) is 0 Å². The largest absolute Gasteiger partial charge is 0.265 e. The molecule has 9 heavy (non-hydrogen) atoms. The lowest BCUT2D eigenvalue weighted by Crippen LogP contribution is -1.87. The molecule has 0 bridgehead atoms. The molecule has 0 aliphatic carbocycles. The molecule has 0 fully saturated rings. The summed E-state index contributed by atoms with van der Waals surface area (Å²) in [6, 6.07) is 0. The van der Waals surface area contributed by atoms with E-state index in [1.807, 2.05) is 27.7 Å². The predicted octanol–water partition coefficient (Wildman–Crippen LogP) is 1.91. The number of aliphatic imine (C=N–C) groups is 2. The maximum Gasteiger partial charge on any atom is 0.120 e. The van der Waals surface area contributed by atoms with Crippen LogP contribution in [0.3, 0.4) is 0 Å². The van der Waals surface area contributed by atoms with Crippen molar-refractivity contribution in [2.24, 2.45) is 9.98 Å². The van der Waals surface area contributed by atoms with Crippen LogP contribution in [0.2, 0.25) is 0 Å². The molecule has 1 heterocycles. The average molecular weight is 126 g/mol. The Balaban J connectivity index is 0.000000291. The first-order valence-corrected chi connectivity index (χ1v) is 3.34. The van der Waals surface area contributed by atoms with Gasteiger partial charge in [0.15, 0.2) is 0 Å². The van der Waals surface area contributed by atoms with E-state index in [0.29, 0.717) is 0 Å². The maximum atomic E-state index is 4.06. The fraction of sp³-hybridized carbons (Fsp3) is 0.714. The molecule has 0 radical (unpaired) electrons. The Morgan fingerprint density at radius 2 is 1.78 bits per heavy atom. The lowest BCUT2D eigenvalue weighted by Gasteiger charge is -1.76. The van der Waals surface area contributed by atoms with E-state index < -0.39 is 0 Å². The van der Waals surface area contributed by atoms with Gasteiger partial charge in [0.05, 0.1) is 6.54 Å². The van der Waals surface area contributed by atoms with Gasteiger partial charge in [-0.15, -0.1) is 0 Å². The van der Waals surface area contributed by atoms with E-state index in [1.165, 1.54) is 0 Å². The minimum atomic E-state index is 0.811. The standard InChI is InChI=1S/C5H8N2.C2H6/c1-4-3-6-5(2)7-4;1-2/h3H2,1-2H3;1-2H3. The van der Waals surface area contributed by atoms with E-state index in [1.54, 1.807) is 0 Å². The maximum absolute atomic E-state index is 4.06. The van der Waals surface area contributed by atoms with Gasteiger partial charge in [0.25, 0.3) is 0 Å². The molecule has 2 nitrogen and oxygen atoms in total. The summed E-state index contributed by atoms with van der Waals surface area (Å²) in [5.41, 5.74) is 1.12. The monoisotopic (exact) mass is 126 g/mol. The molecular weight excluding hydrogens is 112 g/mol. The lowest BCUT2D eigenvalue weighted by molar-refractivity contribution is 1.32. The molecule has 1 rings (SSSR count). The van der Waals surface area contributed by atoms with Crippen LogP contribution in [-0.2, 0) is 0 Å². The summed E-state index contributed by atoms with van der Waals surface area (Å²) in [5, 5.41) is 0. The van der Waals surface area contributed by atoms with Crippen molar-refractivity contribution in [1.82, 2.24) is 0 Å². The van der Waals surface area contributed by atoms with Crippen molar-refractivity contribution in [2.75, 3.05) is 6.54 Å². The third kappa shape index (κ3) is 3.01. The second-order valence-electron chi connectivity index (χ2n) is 1.71. The number of rotatable bonds is 0. The normalized spacial score (nSPS) is 15.6. The molecule has 0 aromatic heterocycles. The van der Waals surface area contributed by atoms with E-state index in [9.17, 15) is 0 Å². The van der Waals surface area contributed by atoms with Crippen molar-refractivity contribution in [3.8, 4) is 0 Å². The molecule has 0 saturated carbocycles. The number of nitrogens with zero attached hydrogens (tertiary/aromatic N) is 2. The van der Waals surface area contributed by atoms with Crippen LogP contribution in [0.25, 0.3) is 0 Å². The quantitative estimate of drug-likeness (QED) is 0.473. The molecule has 0 spiro atoms. The van der Waals surface area contributed by atoms with E-state index >= 15 is 0 Å². The molecule has 2 heteroatoms. The van der Waals surface area contributed by atoms with Gasteiger partial charge in [-0.2, -0.15) is 0 Å². The van der Waals surface area contributed by atoms with E-state index in [0.717, 1.165) is 18.1 Å². The summed E-state index contributed by atoms with van der Waals surface area (Å²) in [5.74, 6) is 0.914. The zero-order chi connectivity index (χ0) is 7.28. The van der Waals surface area contributed by atoms with E-state index in [-0.39, 0.29) is 0 Å². The second-order valence-corrected chi connectivity index (χ2v) is 1.71. The molecule has 0 aromatic carbocycles. The molecule has 1 aliphatic rings. The molecule has 0 N–H and O–H groups in total. The Morgan fingerprint density at radius 1 is 1.22 bits per heavy atom. The first kappa shape index (κ1) is 8.34. The van der Waals surface area contributed by atoms with Crippen molar-refractivity contribution in [3.63, 3.8) is 0 Å². The van der Waals surface area contributed by atoms with Crippen molar-refractivity contribution in [3.05, 3.63) is 0 Å². The van der Waals surface area contributed by atoms with Gasteiger partial charge >= 0.3 is 0 Å². The van der Waals surface area contributed by atoms with Gasteiger partial charge in [0, 0.05) is 5.71 Å². The Hall–Kier alpha value is -0.660. The Morgan fingerprint density at radius 3 is 1.89 bits per heavy atom. The summed E-state index contributed by atoms with van der Waals surface area (Å²) in [7, 11) is 0. The van der Waals surface area contributed by atoms with Crippen LogP contribution >= 0.6 is 0 Å². The Bertz CT molecular complexity index is 134. The second kappa shape index (κ2) is 4.24. The van der Waals surface area contributed by atoms with Gasteiger partial charge in [-0.1, -0.05) is 13.8 Å². The fourth-order valence-electron chi connectivity index (χ4n) is 0.576. The highest BCUT2D eigenvalue weighted by atomic mass is 15.0. The lowest BCUT2D eigenvalue weighted by atomic mass is 10.4. The smallest absolute Gasteiger partial charge is 0.120 e. The van der Waals surface area contributed by atoms with Gasteiger partial charge in [0.2, 0.25) is 0 Å². The first-order valence-electron chi connectivity index (χ1n) is 3.34. The van der Waals surface area contributed by atoms with Crippen molar-refractivity contribution < 1.29 is 0 Å². The molecule has 0 unspecified atom stereocenters. The average Bonchev–Trinajstić information content (AvgIpc) is 2.20. The molecule has 1 aliphatic heterocycles. The zero-order valence-corrected chi connectivity index (χ0v) is 6.60. The Kier molecular flexibility index (Phi) is 3.93. The molecule has 0 saturated heterocycles. The highest BCUT2D eigenvalue weighted by molar-refractivity contribution is 6.01. The third-order valence-corrected chi connectivity index (χ3v) is 0.889. The molecule has 0 amide bonds. The van der Waals surface area contributed by atoms with Crippen molar-refractivity contribution in [1.29, 1.82) is 0 Å². The van der Waals surface area contributed by atoms with Gasteiger partial charge in [-0.05, 0) is 13.8 Å². The highest BCUT2D eigenvalue weighted by Gasteiger charge is 1.97. The number of amidine groups is 1. The molecular formula is C7H14N2. The van der Waals surface area contributed by atoms with Crippen LogP contribution in [0.1, 0.15) is 27.7 Å². The molecule has 0 aromatic rings. The van der Waals surface area contributed by atoms with Crippen LogP contribution in [-0.4, -0.2) is 18.1 Å². The van der Waals surface area contributed by atoms with Crippen LogP contribution in [0.15, 0.2) is 9.98 Å². The van der Waals surface area contributed by atoms with Crippen molar-refractivity contribution in [2.45, 2.75) is 27.7 Å². The van der Waals surface area contributed by atoms with Crippen molar-refractivity contribution >= 4 is 11.5 Å². The summed E-state index contributed by atoms with van der Waals surface area (Å²) in [6.07, 6.45) is 0. The minimum absolute atomic E-state index is 0.811. The van der Waals surface area contributed by atoms with Gasteiger partial charge in [0.1, 0.15) is 5.84 Å². The summed E-state index contributed by atoms with van der Waals surface area (Å²) in [4.78, 5) is 8.09. The minimum Gasteiger partial charge on any atom is -0.265 e. The van der Waals surface area contributed by atoms with Gasteiger partial charge < -0.3 is 0 Å². The zero-order valence-electron chi connectivity index (χ0n) is 6.60. The highest BCUT2D eigenvalue weighted by Crippen LogP contribution is 1.92. The number of hydrogen-bond acceptors (Lipinski definition) is 2. The van der Waals surface area contributed by atoms with Crippen LogP contribution in [0.5, 0.6) is 0 Å². The number of hydrogen-bond donors (Lipinski definition) is 0. The molecule has 0 atom stereocenters. The summed E-state index contributed by atoms with van der Waals surface area (Å²) < 4.78 is 0. The van der Waals surface area contributed by atoms with Crippen LogP contribution < -0.4 is 0 Å².